The minimum absolute atomic E-state index is 0. The molecule has 2 atom stereocenters. The molecule has 2 aliphatic rings. The van der Waals surface area contributed by atoms with Crippen LogP contribution >= 0.6 is 24.0 Å². The van der Waals surface area contributed by atoms with Gasteiger partial charge in [-0.05, 0) is 45.6 Å². The Morgan fingerprint density at radius 2 is 1.93 bits per heavy atom. The summed E-state index contributed by atoms with van der Waals surface area (Å²) in [7, 11) is 1.76. The van der Waals surface area contributed by atoms with E-state index in [-0.39, 0.29) is 35.9 Å². The van der Waals surface area contributed by atoms with Crippen LogP contribution in [0.25, 0.3) is 0 Å². The Kier molecular flexibility index (Phi) is 11.2. The number of aliphatic imine (C=N–C) groups is 1. The number of amides is 3. The first kappa shape index (κ1) is 25.9. The molecule has 29 heavy (non-hydrogen) atoms. The van der Waals surface area contributed by atoms with Crippen LogP contribution in [0.4, 0.5) is 4.79 Å². The van der Waals surface area contributed by atoms with Crippen LogP contribution in [0.1, 0.15) is 59.3 Å². The van der Waals surface area contributed by atoms with Crippen LogP contribution in [-0.4, -0.2) is 79.0 Å². The smallest absolute Gasteiger partial charge is 0.325 e. The lowest BCUT2D eigenvalue weighted by molar-refractivity contribution is -0.130. The van der Waals surface area contributed by atoms with Crippen LogP contribution in [0.5, 0.6) is 0 Å². The van der Waals surface area contributed by atoms with Crippen molar-refractivity contribution in [3.63, 3.8) is 0 Å². The molecule has 3 N–H and O–H groups in total. The highest BCUT2D eigenvalue weighted by Gasteiger charge is 2.45. The van der Waals surface area contributed by atoms with E-state index < -0.39 is 5.54 Å². The molecule has 2 rings (SSSR count). The predicted molar refractivity (Wildman–Crippen MR) is 128 cm³/mol. The third-order valence-electron chi connectivity index (χ3n) is 6.04. The molecular formula is C20H39IN6O2. The van der Waals surface area contributed by atoms with E-state index >= 15 is 0 Å². The lowest BCUT2D eigenvalue weighted by Crippen LogP contribution is -2.46. The summed E-state index contributed by atoms with van der Waals surface area (Å²) in [5, 5.41) is 9.42. The van der Waals surface area contributed by atoms with E-state index in [0.29, 0.717) is 32.0 Å². The first-order valence-corrected chi connectivity index (χ1v) is 10.8. The van der Waals surface area contributed by atoms with Gasteiger partial charge in [-0.3, -0.25) is 19.6 Å². The van der Waals surface area contributed by atoms with Gasteiger partial charge in [0.15, 0.2) is 5.96 Å². The van der Waals surface area contributed by atoms with Crippen molar-refractivity contribution in [1.29, 1.82) is 0 Å². The molecule has 2 unspecified atom stereocenters. The van der Waals surface area contributed by atoms with Gasteiger partial charge in [0.05, 0.1) is 0 Å². The molecule has 2 fully saturated rings. The van der Waals surface area contributed by atoms with Crippen LogP contribution in [0, 0.1) is 0 Å². The standard InChI is InChI=1S/C20H38N6O2.HI/c1-5-16-10-7-8-13-25(16)15-12-23-18(21-4)22-11-9-14-26-17(27)20(3,6-2)24-19(26)28;/h16H,5-15H2,1-4H3,(H,24,28)(H2,21,22,23);1H. The van der Waals surface area contributed by atoms with Gasteiger partial charge in [0, 0.05) is 39.3 Å². The summed E-state index contributed by atoms with van der Waals surface area (Å²) in [6.07, 6.45) is 6.45. The first-order valence-electron chi connectivity index (χ1n) is 10.8. The summed E-state index contributed by atoms with van der Waals surface area (Å²) >= 11 is 0. The average molecular weight is 522 g/mol. The maximum absolute atomic E-state index is 12.4. The number of halogens is 1. The molecule has 2 saturated heterocycles. The highest BCUT2D eigenvalue weighted by Crippen LogP contribution is 2.21. The van der Waals surface area contributed by atoms with Crippen molar-refractivity contribution in [1.82, 2.24) is 25.8 Å². The molecule has 0 spiro atoms. The second-order valence-electron chi connectivity index (χ2n) is 7.95. The predicted octanol–water partition coefficient (Wildman–Crippen LogP) is 2.14. The highest BCUT2D eigenvalue weighted by atomic mass is 127. The molecule has 0 aromatic rings. The molecule has 0 aromatic heterocycles. The summed E-state index contributed by atoms with van der Waals surface area (Å²) in [4.78, 5) is 32.6. The molecule has 2 aliphatic heterocycles. The summed E-state index contributed by atoms with van der Waals surface area (Å²) in [5.41, 5.74) is -0.757. The van der Waals surface area contributed by atoms with E-state index in [0.717, 1.165) is 19.0 Å². The van der Waals surface area contributed by atoms with Crippen molar-refractivity contribution in [3.8, 4) is 0 Å². The van der Waals surface area contributed by atoms with Gasteiger partial charge in [0.1, 0.15) is 5.54 Å². The minimum Gasteiger partial charge on any atom is -0.356 e. The van der Waals surface area contributed by atoms with Crippen LogP contribution in [0.15, 0.2) is 4.99 Å². The number of carbonyl (C=O) groups excluding carboxylic acids is 2. The van der Waals surface area contributed by atoms with Crippen molar-refractivity contribution in [3.05, 3.63) is 0 Å². The zero-order valence-corrected chi connectivity index (χ0v) is 20.8. The number of hydrogen-bond donors (Lipinski definition) is 3. The Balaban J connectivity index is 0.00000420. The topological polar surface area (TPSA) is 89.1 Å². The maximum Gasteiger partial charge on any atom is 0.325 e. The SMILES string of the molecule is CCC1CCCCN1CCNC(=NC)NCCCN1C(=O)NC(C)(CC)C1=O.I. The van der Waals surface area contributed by atoms with E-state index in [2.05, 4.69) is 32.8 Å². The third-order valence-corrected chi connectivity index (χ3v) is 6.04. The number of carbonyl (C=O) groups is 2. The number of hydrogen-bond acceptors (Lipinski definition) is 4. The summed E-state index contributed by atoms with van der Waals surface area (Å²) in [6, 6.07) is 0.423. The van der Waals surface area contributed by atoms with Crippen molar-refractivity contribution < 1.29 is 9.59 Å². The Bertz CT molecular complexity index is 573. The van der Waals surface area contributed by atoms with Crippen LogP contribution in [0.2, 0.25) is 0 Å². The molecule has 0 aliphatic carbocycles. The second-order valence-corrected chi connectivity index (χ2v) is 7.95. The molecule has 0 bridgehead atoms. The fraction of sp³-hybridized carbons (Fsp3) is 0.850. The van der Waals surface area contributed by atoms with Crippen LogP contribution in [0.3, 0.4) is 0 Å². The van der Waals surface area contributed by atoms with Gasteiger partial charge >= 0.3 is 6.03 Å². The second kappa shape index (κ2) is 12.6. The Morgan fingerprint density at radius 3 is 2.55 bits per heavy atom. The molecule has 0 aromatic carbocycles. The molecule has 0 saturated carbocycles. The quantitative estimate of drug-likeness (QED) is 0.142. The van der Waals surface area contributed by atoms with Gasteiger partial charge in [0.25, 0.3) is 5.91 Å². The van der Waals surface area contributed by atoms with Gasteiger partial charge in [-0.1, -0.05) is 20.3 Å². The number of piperidine rings is 1. The van der Waals surface area contributed by atoms with E-state index in [4.69, 9.17) is 0 Å². The monoisotopic (exact) mass is 522 g/mol. The zero-order chi connectivity index (χ0) is 20.6. The maximum atomic E-state index is 12.4. The number of rotatable bonds is 9. The van der Waals surface area contributed by atoms with Gasteiger partial charge < -0.3 is 16.0 Å². The summed E-state index contributed by atoms with van der Waals surface area (Å²) in [6.45, 7) is 10.1. The average Bonchev–Trinajstić information content (AvgIpc) is 2.93. The van der Waals surface area contributed by atoms with E-state index in [9.17, 15) is 9.59 Å². The number of urea groups is 1. The van der Waals surface area contributed by atoms with Crippen LogP contribution < -0.4 is 16.0 Å². The van der Waals surface area contributed by atoms with Gasteiger partial charge in [-0.2, -0.15) is 0 Å². The number of likely N-dealkylation sites (tertiary alicyclic amines) is 1. The van der Waals surface area contributed by atoms with E-state index in [1.54, 1.807) is 14.0 Å². The Hall–Kier alpha value is -1.10. The zero-order valence-electron chi connectivity index (χ0n) is 18.4. The summed E-state index contributed by atoms with van der Waals surface area (Å²) in [5.74, 6) is 0.634. The minimum atomic E-state index is -0.757. The van der Waals surface area contributed by atoms with Gasteiger partial charge in [-0.25, -0.2) is 4.79 Å². The molecule has 9 heteroatoms. The number of guanidine groups is 1. The van der Waals surface area contributed by atoms with Crippen LogP contribution in [-0.2, 0) is 4.79 Å². The van der Waals surface area contributed by atoms with Gasteiger partial charge in [-0.15, -0.1) is 24.0 Å². The van der Waals surface area contributed by atoms with E-state index in [1.165, 1.54) is 37.1 Å². The third kappa shape index (κ3) is 6.97. The fourth-order valence-corrected chi connectivity index (χ4v) is 3.99. The fourth-order valence-electron chi connectivity index (χ4n) is 3.99. The highest BCUT2D eigenvalue weighted by molar-refractivity contribution is 14.0. The largest absolute Gasteiger partial charge is 0.356 e. The molecule has 3 amide bonds. The summed E-state index contributed by atoms with van der Waals surface area (Å²) < 4.78 is 0. The van der Waals surface area contributed by atoms with Crippen molar-refractivity contribution in [2.24, 2.45) is 4.99 Å². The Labute approximate surface area is 192 Å². The van der Waals surface area contributed by atoms with Crippen molar-refractivity contribution in [2.75, 3.05) is 39.8 Å². The molecule has 168 valence electrons. The van der Waals surface area contributed by atoms with Crippen molar-refractivity contribution in [2.45, 2.75) is 70.9 Å². The first-order chi connectivity index (χ1) is 13.4. The molecule has 0 radical (unpaired) electrons. The molecule has 2 heterocycles. The van der Waals surface area contributed by atoms with E-state index in [1.807, 2.05) is 6.92 Å². The lowest BCUT2D eigenvalue weighted by atomic mass is 9.99. The molecular weight excluding hydrogens is 483 g/mol. The Morgan fingerprint density at radius 1 is 1.21 bits per heavy atom. The number of imide groups is 1. The lowest BCUT2D eigenvalue weighted by Gasteiger charge is -2.35. The van der Waals surface area contributed by atoms with Crippen molar-refractivity contribution >= 4 is 41.9 Å². The van der Waals surface area contributed by atoms with Gasteiger partial charge in [0.2, 0.25) is 0 Å². The number of nitrogens with zero attached hydrogens (tertiary/aromatic N) is 3. The number of nitrogens with one attached hydrogen (secondary N) is 3. The molecule has 8 nitrogen and oxygen atoms in total. The normalized spacial score (nSPS) is 25.6.